The monoisotopic (exact) mass is 670 g/mol. The maximum Gasteiger partial charge on any atom is 0.139 e. The summed E-state index contributed by atoms with van der Waals surface area (Å²) in [4.78, 5) is -1.20. The van der Waals surface area contributed by atoms with Gasteiger partial charge >= 0.3 is 0 Å². The molecule has 0 spiro atoms. The number of benzene rings is 5. The van der Waals surface area contributed by atoms with E-state index in [-0.39, 0.29) is 17.5 Å². The van der Waals surface area contributed by atoms with E-state index in [1.165, 1.54) is 22.9 Å². The number of aliphatic hydroxyl groups is 1. The molecule has 1 saturated heterocycles. The van der Waals surface area contributed by atoms with Crippen molar-refractivity contribution in [1.82, 2.24) is 0 Å². The summed E-state index contributed by atoms with van der Waals surface area (Å²) in [5.41, 5.74) is 7.83. The Balaban J connectivity index is 1.24. The minimum atomic E-state index is -1.20. The third kappa shape index (κ3) is 10.0. The molecule has 6 rings (SSSR count). The van der Waals surface area contributed by atoms with Crippen LogP contribution in [0.15, 0.2) is 146 Å². The number of hydrogen-bond donors (Lipinski definition) is 1. The van der Waals surface area contributed by atoms with Gasteiger partial charge in [0.1, 0.15) is 4.93 Å². The zero-order valence-electron chi connectivity index (χ0n) is 28.2. The first-order chi connectivity index (χ1) is 24.1. The van der Waals surface area contributed by atoms with Crippen molar-refractivity contribution in [2.75, 3.05) is 6.61 Å². The van der Waals surface area contributed by atoms with Gasteiger partial charge in [0, 0.05) is 6.42 Å². The molecule has 5 aromatic carbocycles. The topological polar surface area (TPSA) is 47.9 Å². The van der Waals surface area contributed by atoms with Gasteiger partial charge in [-0.1, -0.05) is 153 Å². The van der Waals surface area contributed by atoms with Crippen molar-refractivity contribution in [3.63, 3.8) is 0 Å². The van der Waals surface area contributed by atoms with E-state index in [4.69, 9.17) is 14.2 Å². The molecule has 4 nitrogen and oxygen atoms in total. The standard InChI is InChI=1S/C44H46O4S/c1-2-34-24-26-35(27-25-34)20-12-21-36-22-13-23-40(28-36)44(45)29-41(47-31-38-16-8-4-9-17-38)43(48-32-39-18-10-5-11-19-39)42(49-44)33-46-30-37-14-6-3-7-15-37/h3-19,21-28,41-43,45H,2,20,29-33H2,1H3/b21-12+/t41?,42?,43-,44?/m0/s1. The quantitative estimate of drug-likeness (QED) is 0.120. The van der Waals surface area contributed by atoms with Crippen LogP contribution in [0.3, 0.4) is 0 Å². The lowest BCUT2D eigenvalue weighted by molar-refractivity contribution is -0.119. The van der Waals surface area contributed by atoms with E-state index >= 15 is 0 Å². The van der Waals surface area contributed by atoms with Gasteiger partial charge in [-0.05, 0) is 57.9 Å². The molecule has 0 aromatic heterocycles. The lowest BCUT2D eigenvalue weighted by Gasteiger charge is -2.45. The summed E-state index contributed by atoms with van der Waals surface area (Å²) in [6, 6.07) is 47.7. The highest BCUT2D eigenvalue weighted by Gasteiger charge is 2.48. The van der Waals surface area contributed by atoms with Crippen LogP contribution in [0.5, 0.6) is 0 Å². The minimum absolute atomic E-state index is 0.183. The predicted molar refractivity (Wildman–Crippen MR) is 201 cm³/mol. The van der Waals surface area contributed by atoms with Gasteiger partial charge in [0.15, 0.2) is 0 Å². The Kier molecular flexibility index (Phi) is 12.5. The molecule has 4 atom stereocenters. The highest BCUT2D eigenvalue weighted by molar-refractivity contribution is 8.00. The van der Waals surface area contributed by atoms with Gasteiger partial charge in [-0.2, -0.15) is 0 Å². The highest BCUT2D eigenvalue weighted by Crippen LogP contribution is 2.49. The molecule has 0 radical (unpaired) electrons. The maximum atomic E-state index is 12.5. The van der Waals surface area contributed by atoms with Crippen molar-refractivity contribution in [2.24, 2.45) is 0 Å². The van der Waals surface area contributed by atoms with Crippen LogP contribution in [0.1, 0.15) is 52.3 Å². The number of aryl methyl sites for hydroxylation is 1. The fourth-order valence-electron chi connectivity index (χ4n) is 6.22. The summed E-state index contributed by atoms with van der Waals surface area (Å²) in [6.07, 6.45) is 5.95. The Morgan fingerprint density at radius 3 is 1.90 bits per heavy atom. The molecule has 0 aliphatic carbocycles. The average Bonchev–Trinajstić information content (AvgIpc) is 3.15. The second kappa shape index (κ2) is 17.6. The lowest BCUT2D eigenvalue weighted by atomic mass is 9.95. The second-order valence-electron chi connectivity index (χ2n) is 12.6. The van der Waals surface area contributed by atoms with Crippen LogP contribution in [0.4, 0.5) is 0 Å². The summed E-state index contributed by atoms with van der Waals surface area (Å²) < 4.78 is 19.7. The Morgan fingerprint density at radius 1 is 0.673 bits per heavy atom. The van der Waals surface area contributed by atoms with Gasteiger partial charge < -0.3 is 19.3 Å². The van der Waals surface area contributed by atoms with Gasteiger partial charge in [-0.15, -0.1) is 11.8 Å². The van der Waals surface area contributed by atoms with E-state index in [9.17, 15) is 5.11 Å². The summed E-state index contributed by atoms with van der Waals surface area (Å²) >= 11 is 1.53. The predicted octanol–water partition coefficient (Wildman–Crippen LogP) is 9.54. The average molecular weight is 671 g/mol. The van der Waals surface area contributed by atoms with E-state index in [2.05, 4.69) is 91.9 Å². The molecule has 1 N–H and O–H groups in total. The summed E-state index contributed by atoms with van der Waals surface area (Å²) in [6.45, 7) is 3.95. The summed E-state index contributed by atoms with van der Waals surface area (Å²) in [5, 5.41) is 12.3. The largest absolute Gasteiger partial charge is 0.376 e. The third-order valence-electron chi connectivity index (χ3n) is 8.98. The molecule has 5 heteroatoms. The third-order valence-corrected chi connectivity index (χ3v) is 10.5. The van der Waals surface area contributed by atoms with Crippen molar-refractivity contribution >= 4 is 17.8 Å². The normalized spacial score (nSPS) is 20.8. The number of ether oxygens (including phenoxy) is 3. The molecular weight excluding hydrogens is 625 g/mol. The van der Waals surface area contributed by atoms with E-state index < -0.39 is 4.93 Å². The van der Waals surface area contributed by atoms with Crippen LogP contribution in [0, 0.1) is 0 Å². The zero-order chi connectivity index (χ0) is 33.7. The van der Waals surface area contributed by atoms with Gasteiger partial charge in [-0.3, -0.25) is 0 Å². The molecule has 0 saturated carbocycles. The summed E-state index contributed by atoms with van der Waals surface area (Å²) in [5.74, 6) is 0. The highest BCUT2D eigenvalue weighted by atomic mass is 32.2. The smallest absolute Gasteiger partial charge is 0.139 e. The number of rotatable bonds is 15. The molecule has 0 bridgehead atoms. The molecule has 5 aromatic rings. The second-order valence-corrected chi connectivity index (χ2v) is 14.2. The first kappa shape index (κ1) is 34.9. The van der Waals surface area contributed by atoms with Gasteiger partial charge in [0.25, 0.3) is 0 Å². The molecule has 1 fully saturated rings. The zero-order valence-corrected chi connectivity index (χ0v) is 29.0. The van der Waals surface area contributed by atoms with E-state index in [1.54, 1.807) is 0 Å². The fraction of sp³-hybridized carbons (Fsp3) is 0.273. The Bertz CT molecular complexity index is 1730. The van der Waals surface area contributed by atoms with Crippen molar-refractivity contribution in [3.8, 4) is 0 Å². The first-order valence-corrected chi connectivity index (χ1v) is 18.1. The van der Waals surface area contributed by atoms with E-state index in [0.29, 0.717) is 32.8 Å². The van der Waals surface area contributed by atoms with E-state index in [1.807, 2.05) is 66.7 Å². The van der Waals surface area contributed by atoms with E-state index in [0.717, 1.165) is 40.7 Å². The molecule has 1 aliphatic rings. The molecule has 49 heavy (non-hydrogen) atoms. The van der Waals surface area contributed by atoms with Crippen molar-refractivity contribution < 1.29 is 19.3 Å². The number of thioether (sulfide) groups is 1. The van der Waals surface area contributed by atoms with Crippen LogP contribution < -0.4 is 0 Å². The molecular formula is C44H46O4S. The van der Waals surface area contributed by atoms with Crippen LogP contribution >= 0.6 is 11.8 Å². The first-order valence-electron chi connectivity index (χ1n) is 17.3. The van der Waals surface area contributed by atoms with Crippen LogP contribution in [-0.4, -0.2) is 29.2 Å². The molecule has 3 unspecified atom stereocenters. The Labute approximate surface area is 295 Å². The van der Waals surface area contributed by atoms with Crippen LogP contribution in [0.2, 0.25) is 0 Å². The Morgan fingerprint density at radius 2 is 1.27 bits per heavy atom. The molecule has 0 amide bonds. The lowest BCUT2D eigenvalue weighted by Crippen LogP contribution is -2.51. The summed E-state index contributed by atoms with van der Waals surface area (Å²) in [7, 11) is 0. The minimum Gasteiger partial charge on any atom is -0.376 e. The fourth-order valence-corrected chi connectivity index (χ4v) is 7.79. The molecule has 252 valence electrons. The van der Waals surface area contributed by atoms with Gasteiger partial charge in [0.05, 0.1) is 43.9 Å². The molecule has 1 aliphatic heterocycles. The van der Waals surface area contributed by atoms with Crippen LogP contribution in [-0.2, 0) is 51.8 Å². The van der Waals surface area contributed by atoms with Gasteiger partial charge in [0.2, 0.25) is 0 Å². The van der Waals surface area contributed by atoms with Crippen molar-refractivity contribution in [2.45, 2.75) is 68.4 Å². The maximum absolute atomic E-state index is 12.5. The number of allylic oxidation sites excluding steroid dienone is 1. The SMILES string of the molecule is CCc1ccc(C/C=C/c2cccc(C3(O)CC(OCc4ccccc4)[C@H](OCc4ccccc4)C(COCc4ccccc4)S3)c2)cc1. The van der Waals surface area contributed by atoms with Crippen molar-refractivity contribution in [1.29, 1.82) is 0 Å². The van der Waals surface area contributed by atoms with Crippen molar-refractivity contribution in [3.05, 3.63) is 185 Å². The molecule has 1 heterocycles. The van der Waals surface area contributed by atoms with Gasteiger partial charge in [-0.25, -0.2) is 0 Å². The number of hydrogen-bond acceptors (Lipinski definition) is 5. The Hall–Kier alpha value is -3.97. The van der Waals surface area contributed by atoms with Crippen LogP contribution in [0.25, 0.3) is 6.08 Å².